The van der Waals surface area contributed by atoms with E-state index in [9.17, 15) is 0 Å². The number of nitrogens with two attached hydrogens (primary N) is 1. The number of nitrogens with zero attached hydrogens (tertiary/aromatic N) is 1. The van der Waals surface area contributed by atoms with Crippen LogP contribution in [0.25, 0.3) is 5.70 Å². The van der Waals surface area contributed by atoms with Crippen LogP contribution in [0, 0.1) is 13.8 Å². The lowest BCUT2D eigenvalue weighted by molar-refractivity contribution is 1.11. The van der Waals surface area contributed by atoms with Gasteiger partial charge in [-0.25, -0.2) is 0 Å². The molecule has 1 aromatic heterocycles. The molecule has 0 radical (unpaired) electrons. The first kappa shape index (κ1) is 7.79. The van der Waals surface area contributed by atoms with Crippen molar-refractivity contribution in [3.8, 4) is 0 Å². The molecule has 0 saturated heterocycles. The van der Waals surface area contributed by atoms with Gasteiger partial charge in [0.05, 0.1) is 0 Å². The first-order valence-electron chi connectivity index (χ1n) is 3.49. The fraction of sp³-hybridized carbons (Fsp3) is 0.222. The van der Waals surface area contributed by atoms with E-state index >= 15 is 0 Å². The molecule has 2 N–H and O–H groups in total. The zero-order valence-corrected chi connectivity index (χ0v) is 6.89. The van der Waals surface area contributed by atoms with Gasteiger partial charge in [0.15, 0.2) is 0 Å². The van der Waals surface area contributed by atoms with Crippen LogP contribution in [0.3, 0.4) is 0 Å². The highest BCUT2D eigenvalue weighted by Gasteiger charge is 1.96. The molecule has 0 aliphatic heterocycles. The summed E-state index contributed by atoms with van der Waals surface area (Å²) in [6, 6.07) is 3.85. The van der Waals surface area contributed by atoms with Crippen LogP contribution in [0.4, 0.5) is 0 Å². The molecule has 0 aromatic carbocycles. The number of rotatable bonds is 1. The molecule has 2 heteroatoms. The number of hydrogen-bond acceptors (Lipinski definition) is 2. The van der Waals surface area contributed by atoms with Crippen LogP contribution in [0.2, 0.25) is 0 Å². The van der Waals surface area contributed by atoms with E-state index in [-0.39, 0.29) is 0 Å². The van der Waals surface area contributed by atoms with Gasteiger partial charge in [0.2, 0.25) is 0 Å². The van der Waals surface area contributed by atoms with E-state index < -0.39 is 0 Å². The second-order valence-electron chi connectivity index (χ2n) is 2.66. The molecule has 0 saturated carbocycles. The van der Waals surface area contributed by atoms with E-state index in [1.54, 1.807) is 0 Å². The molecule has 11 heavy (non-hydrogen) atoms. The van der Waals surface area contributed by atoms with Gasteiger partial charge in [-0.1, -0.05) is 6.58 Å². The molecule has 0 aliphatic rings. The van der Waals surface area contributed by atoms with Crippen molar-refractivity contribution in [2.45, 2.75) is 13.8 Å². The summed E-state index contributed by atoms with van der Waals surface area (Å²) in [5.74, 6) is 0. The Morgan fingerprint density at radius 3 is 2.18 bits per heavy atom. The fourth-order valence-electron chi connectivity index (χ4n) is 1.02. The molecular formula is C9H12N2. The van der Waals surface area contributed by atoms with Crippen LogP contribution >= 0.6 is 0 Å². The minimum absolute atomic E-state index is 0.596. The zero-order valence-electron chi connectivity index (χ0n) is 6.89. The minimum atomic E-state index is 0.596. The van der Waals surface area contributed by atoms with Gasteiger partial charge >= 0.3 is 0 Å². The van der Waals surface area contributed by atoms with Crippen LogP contribution in [0.5, 0.6) is 0 Å². The minimum Gasteiger partial charge on any atom is -0.399 e. The third-order valence-corrected chi connectivity index (χ3v) is 1.45. The molecule has 2 nitrogen and oxygen atoms in total. The Morgan fingerprint density at radius 1 is 1.36 bits per heavy atom. The van der Waals surface area contributed by atoms with Gasteiger partial charge in [0.1, 0.15) is 0 Å². The van der Waals surface area contributed by atoms with Crippen molar-refractivity contribution < 1.29 is 0 Å². The quantitative estimate of drug-likeness (QED) is 0.657. The van der Waals surface area contributed by atoms with Crippen LogP contribution in [0.15, 0.2) is 18.7 Å². The Balaban J connectivity index is 3.19. The molecule has 0 unspecified atom stereocenters. The maximum atomic E-state index is 5.53. The SMILES string of the molecule is C=C(N)c1cc(C)nc(C)c1. The van der Waals surface area contributed by atoms with Crippen LogP contribution in [-0.2, 0) is 0 Å². The molecule has 0 amide bonds. The fourth-order valence-corrected chi connectivity index (χ4v) is 1.02. The van der Waals surface area contributed by atoms with E-state index in [1.807, 2.05) is 26.0 Å². The lowest BCUT2D eigenvalue weighted by Crippen LogP contribution is -1.96. The Kier molecular flexibility index (Phi) is 1.94. The Hall–Kier alpha value is -1.31. The molecule has 58 valence electrons. The van der Waals surface area contributed by atoms with Gasteiger partial charge in [-0.3, -0.25) is 4.98 Å². The molecule has 0 aliphatic carbocycles. The highest BCUT2D eigenvalue weighted by Crippen LogP contribution is 2.09. The highest BCUT2D eigenvalue weighted by molar-refractivity contribution is 5.60. The zero-order chi connectivity index (χ0) is 8.43. The van der Waals surface area contributed by atoms with Gasteiger partial charge in [-0.2, -0.15) is 0 Å². The predicted molar refractivity (Wildman–Crippen MR) is 46.9 cm³/mol. The van der Waals surface area contributed by atoms with Crippen molar-refractivity contribution in [2.24, 2.45) is 5.73 Å². The van der Waals surface area contributed by atoms with Crippen LogP contribution in [0.1, 0.15) is 17.0 Å². The third kappa shape index (κ3) is 1.80. The van der Waals surface area contributed by atoms with Gasteiger partial charge in [0.25, 0.3) is 0 Å². The Bertz CT molecular complexity index is 269. The summed E-state index contributed by atoms with van der Waals surface area (Å²) in [7, 11) is 0. The maximum absolute atomic E-state index is 5.53. The summed E-state index contributed by atoms with van der Waals surface area (Å²) in [6.45, 7) is 7.55. The standard InChI is InChI=1S/C9H12N2/c1-6-4-9(8(3)10)5-7(2)11-6/h4-5H,3,10H2,1-2H3. The smallest absolute Gasteiger partial charge is 0.0382 e. The van der Waals surface area contributed by atoms with Crippen LogP contribution < -0.4 is 5.73 Å². The third-order valence-electron chi connectivity index (χ3n) is 1.45. The molecule has 1 heterocycles. The van der Waals surface area contributed by atoms with Gasteiger partial charge in [-0.15, -0.1) is 0 Å². The molecule has 0 bridgehead atoms. The number of pyridine rings is 1. The van der Waals surface area contributed by atoms with E-state index in [2.05, 4.69) is 11.6 Å². The van der Waals surface area contributed by atoms with Crippen molar-refractivity contribution in [2.75, 3.05) is 0 Å². The molecule has 0 atom stereocenters. The van der Waals surface area contributed by atoms with E-state index in [1.165, 1.54) is 0 Å². The molecule has 1 rings (SSSR count). The molecule has 0 fully saturated rings. The van der Waals surface area contributed by atoms with Crippen molar-refractivity contribution in [1.29, 1.82) is 0 Å². The monoisotopic (exact) mass is 148 g/mol. The summed E-state index contributed by atoms with van der Waals surface area (Å²) < 4.78 is 0. The second-order valence-corrected chi connectivity index (χ2v) is 2.66. The summed E-state index contributed by atoms with van der Waals surface area (Å²) in [6.07, 6.45) is 0. The average molecular weight is 148 g/mol. The largest absolute Gasteiger partial charge is 0.399 e. The van der Waals surface area contributed by atoms with E-state index in [4.69, 9.17) is 5.73 Å². The lowest BCUT2D eigenvalue weighted by Gasteiger charge is -2.02. The first-order chi connectivity index (χ1) is 5.09. The predicted octanol–water partition coefficient (Wildman–Crippen LogP) is 1.63. The van der Waals surface area contributed by atoms with Crippen molar-refractivity contribution in [1.82, 2.24) is 4.98 Å². The summed E-state index contributed by atoms with van der Waals surface area (Å²) in [4.78, 5) is 4.22. The summed E-state index contributed by atoms with van der Waals surface area (Å²) in [5, 5.41) is 0. The van der Waals surface area contributed by atoms with Crippen LogP contribution in [-0.4, -0.2) is 4.98 Å². The molecular weight excluding hydrogens is 136 g/mol. The Labute approximate surface area is 66.8 Å². The lowest BCUT2D eigenvalue weighted by atomic mass is 10.1. The van der Waals surface area contributed by atoms with Crippen molar-refractivity contribution in [3.63, 3.8) is 0 Å². The highest BCUT2D eigenvalue weighted by atomic mass is 14.7. The van der Waals surface area contributed by atoms with Gasteiger partial charge in [-0.05, 0) is 26.0 Å². The average Bonchev–Trinajstić information content (AvgIpc) is 1.85. The first-order valence-corrected chi connectivity index (χ1v) is 3.49. The van der Waals surface area contributed by atoms with Crippen molar-refractivity contribution in [3.05, 3.63) is 35.7 Å². The number of aryl methyl sites for hydroxylation is 2. The van der Waals surface area contributed by atoms with E-state index in [0.717, 1.165) is 17.0 Å². The van der Waals surface area contributed by atoms with E-state index in [0.29, 0.717) is 5.70 Å². The second kappa shape index (κ2) is 2.74. The number of aromatic nitrogens is 1. The summed E-state index contributed by atoms with van der Waals surface area (Å²) >= 11 is 0. The normalized spacial score (nSPS) is 9.64. The maximum Gasteiger partial charge on any atom is 0.0382 e. The molecule has 0 spiro atoms. The molecule has 1 aromatic rings. The van der Waals surface area contributed by atoms with Gasteiger partial charge in [0, 0.05) is 22.6 Å². The topological polar surface area (TPSA) is 38.9 Å². The number of hydrogen-bond donors (Lipinski definition) is 1. The van der Waals surface area contributed by atoms with Gasteiger partial charge < -0.3 is 5.73 Å². The summed E-state index contributed by atoms with van der Waals surface area (Å²) in [5.41, 5.74) is 9.05. The Morgan fingerprint density at radius 2 is 1.82 bits per heavy atom. The van der Waals surface area contributed by atoms with Crippen molar-refractivity contribution >= 4 is 5.70 Å².